The van der Waals surface area contributed by atoms with Gasteiger partial charge in [-0.2, -0.15) is 0 Å². The highest BCUT2D eigenvalue weighted by atomic mass is 35.5. The molecule has 60 valence electrons. The molecule has 0 amide bonds. The molecule has 0 aliphatic heterocycles. The minimum Gasteiger partial charge on any atom is -0.457 e. The van der Waals surface area contributed by atoms with E-state index < -0.39 is 11.0 Å². The molecule has 1 rings (SSSR count). The summed E-state index contributed by atoms with van der Waals surface area (Å²) in [7, 11) is 0. The van der Waals surface area contributed by atoms with Crippen molar-refractivity contribution in [3.05, 3.63) is 24.2 Å². The van der Waals surface area contributed by atoms with E-state index in [-0.39, 0.29) is 5.76 Å². The predicted molar refractivity (Wildman–Crippen MR) is 39.6 cm³/mol. The van der Waals surface area contributed by atoms with Crippen LogP contribution in [-0.4, -0.2) is 11.0 Å². The quantitative estimate of drug-likeness (QED) is 0.536. The fraction of sp³-hybridized carbons (Fsp3) is 0.167. The summed E-state index contributed by atoms with van der Waals surface area (Å²) < 4.78 is 9.10. The van der Waals surface area contributed by atoms with Gasteiger partial charge < -0.3 is 9.15 Å². The third-order valence-corrected chi connectivity index (χ3v) is 1.10. The Hall–Kier alpha value is -0.670. The normalized spacial score (nSPS) is 10.1. The van der Waals surface area contributed by atoms with Crippen molar-refractivity contribution in [2.24, 2.45) is 0 Å². The second-order valence-corrected chi connectivity index (χ2v) is 2.66. The topological polar surface area (TPSA) is 39.4 Å². The summed E-state index contributed by atoms with van der Waals surface area (Å²) >= 11 is 10.3. The lowest BCUT2D eigenvalue weighted by Gasteiger charge is -2.00. The maximum Gasteiger partial charge on any atom is 0.376 e. The highest BCUT2D eigenvalue weighted by Crippen LogP contribution is 2.09. The highest BCUT2D eigenvalue weighted by Gasteiger charge is 2.12. The lowest BCUT2D eigenvalue weighted by atomic mass is 10.5. The largest absolute Gasteiger partial charge is 0.457 e. The molecule has 0 unspecified atom stereocenters. The minimum atomic E-state index is -1.16. The molecule has 0 bridgehead atoms. The van der Waals surface area contributed by atoms with Crippen LogP contribution in [0.4, 0.5) is 0 Å². The van der Waals surface area contributed by atoms with E-state index >= 15 is 0 Å². The van der Waals surface area contributed by atoms with Gasteiger partial charge >= 0.3 is 5.97 Å². The molecule has 0 N–H and O–H groups in total. The number of furan rings is 1. The lowest BCUT2D eigenvalue weighted by Crippen LogP contribution is -2.06. The SMILES string of the molecule is O=C(OC(Cl)Cl)c1ccco1. The summed E-state index contributed by atoms with van der Waals surface area (Å²) in [6.07, 6.45) is 1.36. The van der Waals surface area contributed by atoms with Crippen molar-refractivity contribution < 1.29 is 13.9 Å². The third kappa shape index (κ3) is 2.44. The van der Waals surface area contributed by atoms with E-state index in [4.69, 9.17) is 27.6 Å². The average Bonchev–Trinajstić information content (AvgIpc) is 2.35. The van der Waals surface area contributed by atoms with Gasteiger partial charge in [-0.15, -0.1) is 0 Å². The zero-order valence-corrected chi connectivity index (χ0v) is 6.80. The molecule has 0 aromatic carbocycles. The molecule has 0 saturated heterocycles. The maximum absolute atomic E-state index is 10.8. The Morgan fingerprint density at radius 2 is 2.36 bits per heavy atom. The predicted octanol–water partition coefficient (Wildman–Crippen LogP) is 2.20. The first-order valence-corrected chi connectivity index (χ1v) is 3.60. The van der Waals surface area contributed by atoms with Crippen LogP contribution < -0.4 is 0 Å². The van der Waals surface area contributed by atoms with Gasteiger partial charge in [0.1, 0.15) is 0 Å². The number of rotatable bonds is 2. The molecule has 1 heterocycles. The van der Waals surface area contributed by atoms with Crippen LogP contribution in [0.15, 0.2) is 22.8 Å². The number of ether oxygens (including phenoxy) is 1. The monoisotopic (exact) mass is 194 g/mol. The summed E-state index contributed by atoms with van der Waals surface area (Å²) in [6, 6.07) is 3.02. The molecule has 0 spiro atoms. The van der Waals surface area contributed by atoms with Crippen LogP contribution in [-0.2, 0) is 4.74 Å². The van der Waals surface area contributed by atoms with Gasteiger partial charge in [0.15, 0.2) is 0 Å². The average molecular weight is 195 g/mol. The standard InChI is InChI=1S/C6H4Cl2O3/c7-6(8)11-5(9)4-2-1-3-10-4/h1-3,6H. The van der Waals surface area contributed by atoms with E-state index in [0.29, 0.717) is 0 Å². The van der Waals surface area contributed by atoms with E-state index in [9.17, 15) is 4.79 Å². The van der Waals surface area contributed by atoms with E-state index in [1.54, 1.807) is 6.07 Å². The van der Waals surface area contributed by atoms with Crippen LogP contribution in [0.2, 0.25) is 0 Å². The maximum atomic E-state index is 10.8. The van der Waals surface area contributed by atoms with Crippen LogP contribution >= 0.6 is 23.2 Å². The molecule has 0 aliphatic rings. The number of hydrogen-bond donors (Lipinski definition) is 0. The Balaban J connectivity index is 2.57. The summed E-state index contributed by atoms with van der Waals surface area (Å²) in [5, 5.41) is -1.16. The van der Waals surface area contributed by atoms with Gasteiger partial charge in [-0.05, 0) is 12.1 Å². The molecule has 0 fully saturated rings. The Bertz CT molecular complexity index is 230. The molecule has 5 heteroatoms. The zero-order chi connectivity index (χ0) is 8.27. The van der Waals surface area contributed by atoms with Crippen LogP contribution in [0.5, 0.6) is 0 Å². The molecule has 1 aromatic rings. The lowest BCUT2D eigenvalue weighted by molar-refractivity contribution is 0.0499. The van der Waals surface area contributed by atoms with Crippen LogP contribution in [0.1, 0.15) is 10.6 Å². The van der Waals surface area contributed by atoms with Gasteiger partial charge in [0.2, 0.25) is 5.76 Å². The van der Waals surface area contributed by atoms with Crippen molar-refractivity contribution in [2.45, 2.75) is 5.02 Å². The minimum absolute atomic E-state index is 0.0799. The Morgan fingerprint density at radius 1 is 1.64 bits per heavy atom. The fourth-order valence-corrected chi connectivity index (χ4v) is 0.696. The molecule has 0 atom stereocenters. The number of carbonyl (C=O) groups excluding carboxylic acids is 1. The molecule has 0 radical (unpaired) electrons. The van der Waals surface area contributed by atoms with Gasteiger partial charge in [0.05, 0.1) is 6.26 Å². The van der Waals surface area contributed by atoms with Crippen molar-refractivity contribution in [3.8, 4) is 0 Å². The van der Waals surface area contributed by atoms with Crippen LogP contribution in [0.3, 0.4) is 0 Å². The van der Waals surface area contributed by atoms with Gasteiger partial charge in [-0.25, -0.2) is 4.79 Å². The molecule has 1 aromatic heterocycles. The van der Waals surface area contributed by atoms with Crippen molar-refractivity contribution in [1.29, 1.82) is 0 Å². The number of alkyl halides is 2. The Kier molecular flexibility index (Phi) is 2.79. The molecule has 0 aliphatic carbocycles. The Morgan fingerprint density at radius 3 is 2.82 bits per heavy atom. The molecular weight excluding hydrogens is 191 g/mol. The molecular formula is C6H4Cl2O3. The first kappa shape index (κ1) is 8.43. The molecule has 3 nitrogen and oxygen atoms in total. The third-order valence-electron chi connectivity index (χ3n) is 0.918. The van der Waals surface area contributed by atoms with E-state index in [0.717, 1.165) is 0 Å². The first-order chi connectivity index (χ1) is 5.20. The van der Waals surface area contributed by atoms with Crippen LogP contribution in [0, 0.1) is 0 Å². The second-order valence-electron chi connectivity index (χ2n) is 1.64. The van der Waals surface area contributed by atoms with Crippen molar-refractivity contribution >= 4 is 29.2 Å². The van der Waals surface area contributed by atoms with Gasteiger partial charge in [-0.3, -0.25) is 0 Å². The van der Waals surface area contributed by atoms with Gasteiger partial charge in [-0.1, -0.05) is 23.2 Å². The van der Waals surface area contributed by atoms with E-state index in [1.165, 1.54) is 12.3 Å². The number of carbonyl (C=O) groups is 1. The van der Waals surface area contributed by atoms with Crippen molar-refractivity contribution in [1.82, 2.24) is 0 Å². The van der Waals surface area contributed by atoms with Crippen LogP contribution in [0.25, 0.3) is 0 Å². The molecule has 0 saturated carbocycles. The van der Waals surface area contributed by atoms with Gasteiger partial charge in [0.25, 0.3) is 5.02 Å². The van der Waals surface area contributed by atoms with Crippen molar-refractivity contribution in [2.75, 3.05) is 0 Å². The number of hydrogen-bond acceptors (Lipinski definition) is 3. The van der Waals surface area contributed by atoms with E-state index in [1.807, 2.05) is 0 Å². The van der Waals surface area contributed by atoms with Crippen molar-refractivity contribution in [3.63, 3.8) is 0 Å². The number of esters is 1. The summed E-state index contributed by atoms with van der Waals surface area (Å²) in [5.41, 5.74) is 0. The zero-order valence-electron chi connectivity index (χ0n) is 5.29. The fourth-order valence-electron chi connectivity index (χ4n) is 0.534. The smallest absolute Gasteiger partial charge is 0.376 e. The summed E-state index contributed by atoms with van der Waals surface area (Å²) in [4.78, 5) is 10.8. The molecule has 11 heavy (non-hydrogen) atoms. The highest BCUT2D eigenvalue weighted by molar-refractivity contribution is 6.43. The van der Waals surface area contributed by atoms with Gasteiger partial charge in [0, 0.05) is 0 Å². The summed E-state index contributed by atoms with van der Waals surface area (Å²) in [5.74, 6) is -0.596. The number of halogens is 2. The summed E-state index contributed by atoms with van der Waals surface area (Å²) in [6.45, 7) is 0. The first-order valence-electron chi connectivity index (χ1n) is 2.73. The Labute approximate surface area is 72.8 Å². The van der Waals surface area contributed by atoms with E-state index in [2.05, 4.69) is 4.74 Å². The second kappa shape index (κ2) is 3.64.